The third-order valence-corrected chi connectivity index (χ3v) is 5.89. The molecule has 1 N–H and O–H groups in total. The van der Waals surface area contributed by atoms with Crippen LogP contribution in [0, 0.1) is 5.82 Å². The Bertz CT molecular complexity index is 765. The molecule has 0 aliphatic rings. The molecule has 3 nitrogen and oxygen atoms in total. The van der Waals surface area contributed by atoms with Crippen molar-refractivity contribution < 1.29 is 12.8 Å². The summed E-state index contributed by atoms with van der Waals surface area (Å²) in [6.07, 6.45) is 0. The third-order valence-electron chi connectivity index (χ3n) is 2.86. The van der Waals surface area contributed by atoms with Gasteiger partial charge in [0, 0.05) is 15.0 Å². The Labute approximate surface area is 139 Å². The monoisotopic (exact) mass is 435 g/mol. The number of hydrogen-bond donors (Lipinski definition) is 1. The number of nitrogens with one attached hydrogen (secondary N) is 1. The molecule has 0 aliphatic heterocycles. The van der Waals surface area contributed by atoms with E-state index in [1.807, 2.05) is 0 Å². The third kappa shape index (κ3) is 4.12. The van der Waals surface area contributed by atoms with E-state index in [0.29, 0.717) is 14.5 Å². The fourth-order valence-corrected chi connectivity index (χ4v) is 4.56. The summed E-state index contributed by atoms with van der Waals surface area (Å²) in [4.78, 5) is 0.125. The summed E-state index contributed by atoms with van der Waals surface area (Å²) in [7, 11) is -3.72. The lowest BCUT2D eigenvalue weighted by atomic mass is 10.1. The zero-order valence-corrected chi connectivity index (χ0v) is 15.0. The minimum Gasteiger partial charge on any atom is -0.207 e. The number of hydrogen-bond acceptors (Lipinski definition) is 2. The van der Waals surface area contributed by atoms with Crippen molar-refractivity contribution in [3.63, 3.8) is 0 Å². The fourth-order valence-electron chi connectivity index (χ4n) is 1.82. The first kappa shape index (κ1) is 16.6. The Morgan fingerprint density at radius 1 is 1.14 bits per heavy atom. The van der Waals surface area contributed by atoms with Gasteiger partial charge in [0.25, 0.3) is 0 Å². The highest BCUT2D eigenvalue weighted by Gasteiger charge is 2.21. The second-order valence-electron chi connectivity index (χ2n) is 4.47. The second kappa shape index (κ2) is 6.56. The van der Waals surface area contributed by atoms with Gasteiger partial charge in [0.15, 0.2) is 0 Å². The smallest absolute Gasteiger partial charge is 0.207 e. The molecule has 2 aromatic rings. The molecule has 0 saturated heterocycles. The molecule has 2 aromatic carbocycles. The van der Waals surface area contributed by atoms with Crippen LogP contribution in [-0.2, 0) is 10.0 Å². The van der Waals surface area contributed by atoms with Crippen molar-refractivity contribution in [3.8, 4) is 0 Å². The maximum Gasteiger partial charge on any atom is 0.242 e. The average Bonchev–Trinajstić information content (AvgIpc) is 2.41. The van der Waals surface area contributed by atoms with Gasteiger partial charge in [0.2, 0.25) is 10.0 Å². The van der Waals surface area contributed by atoms with Crippen LogP contribution in [0.1, 0.15) is 18.5 Å². The van der Waals surface area contributed by atoms with Crippen molar-refractivity contribution >= 4 is 41.9 Å². The van der Waals surface area contributed by atoms with E-state index < -0.39 is 21.9 Å². The van der Waals surface area contributed by atoms with Gasteiger partial charge in [-0.3, -0.25) is 0 Å². The van der Waals surface area contributed by atoms with Crippen LogP contribution >= 0.6 is 31.9 Å². The molecule has 0 spiro atoms. The van der Waals surface area contributed by atoms with Gasteiger partial charge in [0.1, 0.15) is 5.82 Å². The van der Waals surface area contributed by atoms with Crippen LogP contribution in [-0.4, -0.2) is 8.42 Å². The largest absolute Gasteiger partial charge is 0.242 e. The molecule has 0 radical (unpaired) electrons. The van der Waals surface area contributed by atoms with Crippen molar-refractivity contribution in [1.82, 2.24) is 4.72 Å². The van der Waals surface area contributed by atoms with Gasteiger partial charge in [-0.2, -0.15) is 0 Å². The van der Waals surface area contributed by atoms with Crippen LogP contribution in [0.2, 0.25) is 0 Å². The predicted molar refractivity (Wildman–Crippen MR) is 87.0 cm³/mol. The van der Waals surface area contributed by atoms with Crippen LogP contribution < -0.4 is 4.72 Å². The SMILES string of the molecule is CC(NS(=O)(=O)c1cc(Br)ccc1Br)c1cccc(F)c1. The van der Waals surface area contributed by atoms with Gasteiger partial charge in [-0.1, -0.05) is 28.1 Å². The lowest BCUT2D eigenvalue weighted by Gasteiger charge is -2.15. The number of benzene rings is 2. The lowest BCUT2D eigenvalue weighted by molar-refractivity contribution is 0.564. The van der Waals surface area contributed by atoms with E-state index in [0.717, 1.165) is 0 Å². The Morgan fingerprint density at radius 2 is 1.86 bits per heavy atom. The minimum absolute atomic E-state index is 0.125. The van der Waals surface area contributed by atoms with E-state index in [4.69, 9.17) is 0 Å². The highest BCUT2D eigenvalue weighted by molar-refractivity contribution is 9.11. The van der Waals surface area contributed by atoms with Gasteiger partial charge in [-0.15, -0.1) is 0 Å². The van der Waals surface area contributed by atoms with E-state index in [1.165, 1.54) is 18.2 Å². The maximum absolute atomic E-state index is 13.2. The molecular weight excluding hydrogens is 425 g/mol. The van der Waals surface area contributed by atoms with Gasteiger partial charge in [0.05, 0.1) is 4.90 Å². The van der Waals surface area contributed by atoms with Gasteiger partial charge >= 0.3 is 0 Å². The van der Waals surface area contributed by atoms with Crippen LogP contribution in [0.15, 0.2) is 56.3 Å². The number of rotatable bonds is 4. The average molecular weight is 437 g/mol. The first-order valence-corrected chi connectivity index (χ1v) is 9.09. The Balaban J connectivity index is 2.31. The first-order chi connectivity index (χ1) is 9.79. The van der Waals surface area contributed by atoms with Crippen LogP contribution in [0.3, 0.4) is 0 Å². The molecule has 2 rings (SSSR count). The fraction of sp³-hybridized carbons (Fsp3) is 0.143. The summed E-state index contributed by atoms with van der Waals surface area (Å²) in [5, 5.41) is 0. The normalized spacial score (nSPS) is 13.1. The highest BCUT2D eigenvalue weighted by Crippen LogP contribution is 2.27. The van der Waals surface area contributed by atoms with Crippen molar-refractivity contribution in [1.29, 1.82) is 0 Å². The zero-order chi connectivity index (χ0) is 15.6. The molecule has 0 aromatic heterocycles. The van der Waals surface area contributed by atoms with E-state index in [1.54, 1.807) is 31.2 Å². The number of halogens is 3. The summed E-state index contributed by atoms with van der Waals surface area (Å²) < 4.78 is 41.7. The molecule has 1 atom stereocenters. The van der Waals surface area contributed by atoms with Gasteiger partial charge < -0.3 is 0 Å². The molecular formula is C14H12Br2FNO2S. The predicted octanol–water partition coefficient (Wildman–Crippen LogP) is 4.39. The molecule has 7 heteroatoms. The van der Waals surface area contributed by atoms with E-state index in [2.05, 4.69) is 36.6 Å². The summed E-state index contributed by atoms with van der Waals surface area (Å²) in [5.41, 5.74) is 0.560. The van der Waals surface area contributed by atoms with E-state index in [-0.39, 0.29) is 4.90 Å². The van der Waals surface area contributed by atoms with E-state index >= 15 is 0 Å². The molecule has 0 heterocycles. The van der Waals surface area contributed by atoms with Gasteiger partial charge in [-0.05, 0) is 58.7 Å². The zero-order valence-electron chi connectivity index (χ0n) is 11.0. The number of sulfonamides is 1. The van der Waals surface area contributed by atoms with Crippen molar-refractivity contribution in [2.75, 3.05) is 0 Å². The molecule has 0 fully saturated rings. The van der Waals surface area contributed by atoms with Crippen LogP contribution in [0.4, 0.5) is 4.39 Å². The van der Waals surface area contributed by atoms with Crippen molar-refractivity contribution in [2.24, 2.45) is 0 Å². The van der Waals surface area contributed by atoms with Crippen molar-refractivity contribution in [2.45, 2.75) is 17.9 Å². The van der Waals surface area contributed by atoms with Crippen LogP contribution in [0.25, 0.3) is 0 Å². The maximum atomic E-state index is 13.2. The van der Waals surface area contributed by atoms with Gasteiger partial charge in [-0.25, -0.2) is 17.5 Å². The topological polar surface area (TPSA) is 46.2 Å². The minimum atomic E-state index is -3.72. The summed E-state index contributed by atoms with van der Waals surface area (Å²) in [5.74, 6) is -0.401. The Hall–Kier alpha value is -0.760. The summed E-state index contributed by atoms with van der Waals surface area (Å²) in [6.45, 7) is 1.66. The van der Waals surface area contributed by atoms with Crippen molar-refractivity contribution in [3.05, 3.63) is 62.8 Å². The molecule has 0 aliphatic carbocycles. The Morgan fingerprint density at radius 3 is 2.52 bits per heavy atom. The molecule has 0 bridgehead atoms. The van der Waals surface area contributed by atoms with Crippen LogP contribution in [0.5, 0.6) is 0 Å². The summed E-state index contributed by atoms with van der Waals surface area (Å²) >= 11 is 6.47. The molecule has 0 amide bonds. The summed E-state index contributed by atoms with van der Waals surface area (Å²) in [6, 6.07) is 10.2. The first-order valence-electron chi connectivity index (χ1n) is 6.02. The molecule has 112 valence electrons. The lowest BCUT2D eigenvalue weighted by Crippen LogP contribution is -2.27. The standard InChI is InChI=1S/C14H12Br2FNO2S/c1-9(10-3-2-4-12(17)7-10)18-21(19,20)14-8-11(15)5-6-13(14)16/h2-9,18H,1H3. The Kier molecular flexibility index (Phi) is 5.19. The molecule has 1 unspecified atom stereocenters. The quantitative estimate of drug-likeness (QED) is 0.772. The second-order valence-corrected chi connectivity index (χ2v) is 7.93. The van der Waals surface area contributed by atoms with E-state index in [9.17, 15) is 12.8 Å². The molecule has 21 heavy (non-hydrogen) atoms. The molecule has 0 saturated carbocycles. The highest BCUT2D eigenvalue weighted by atomic mass is 79.9.